The number of phenolic OH excluding ortho intramolecular Hbond substituents is 1. The van der Waals surface area contributed by atoms with Gasteiger partial charge in [0.05, 0.1) is 0 Å². The van der Waals surface area contributed by atoms with Gasteiger partial charge in [0.15, 0.2) is 0 Å². The number of hydrogen-bond donors (Lipinski definition) is 3. The fraction of sp³-hybridized carbons (Fsp3) is 0.235. The lowest BCUT2D eigenvalue weighted by Gasteiger charge is -2.19. The number of benzene rings is 2. The molecule has 2 aromatic carbocycles. The number of aryl methyl sites for hydroxylation is 2. The molecular formula is C17H18N2O2. The molecule has 2 aromatic rings. The molecule has 1 aliphatic rings. The number of phenols is 1. The average Bonchev–Trinajstić information content (AvgIpc) is 2.50. The molecule has 108 valence electrons. The van der Waals surface area contributed by atoms with Gasteiger partial charge in [-0.15, -0.1) is 0 Å². The van der Waals surface area contributed by atoms with E-state index in [2.05, 4.69) is 16.7 Å². The van der Waals surface area contributed by atoms with Crippen molar-refractivity contribution in [2.24, 2.45) is 0 Å². The molecule has 3 rings (SSSR count). The summed E-state index contributed by atoms with van der Waals surface area (Å²) in [7, 11) is 0. The van der Waals surface area contributed by atoms with Gasteiger partial charge < -0.3 is 15.7 Å². The van der Waals surface area contributed by atoms with Crippen molar-refractivity contribution in [2.45, 2.75) is 19.8 Å². The SMILES string of the molecule is Cc1cc(C(=O)Nc2ccc3c(c2)NCCC3)ccc1O. The minimum absolute atomic E-state index is 0.172. The van der Waals surface area contributed by atoms with E-state index in [4.69, 9.17) is 0 Å². The van der Waals surface area contributed by atoms with Crippen LogP contribution in [0.2, 0.25) is 0 Å². The Bertz CT molecular complexity index is 695. The maximum absolute atomic E-state index is 12.2. The number of amides is 1. The molecule has 1 aliphatic heterocycles. The summed E-state index contributed by atoms with van der Waals surface area (Å²) in [6.07, 6.45) is 2.22. The summed E-state index contributed by atoms with van der Waals surface area (Å²) in [5, 5.41) is 15.8. The zero-order chi connectivity index (χ0) is 14.8. The molecule has 21 heavy (non-hydrogen) atoms. The van der Waals surface area contributed by atoms with E-state index in [-0.39, 0.29) is 11.7 Å². The van der Waals surface area contributed by atoms with Crippen molar-refractivity contribution < 1.29 is 9.90 Å². The van der Waals surface area contributed by atoms with Gasteiger partial charge in [0.1, 0.15) is 5.75 Å². The highest BCUT2D eigenvalue weighted by atomic mass is 16.3. The number of fused-ring (bicyclic) bond motifs is 1. The van der Waals surface area contributed by atoms with Gasteiger partial charge in [0, 0.05) is 23.5 Å². The van der Waals surface area contributed by atoms with Crippen molar-refractivity contribution in [1.29, 1.82) is 0 Å². The molecule has 0 aromatic heterocycles. The Morgan fingerprint density at radius 3 is 2.90 bits per heavy atom. The van der Waals surface area contributed by atoms with E-state index in [0.29, 0.717) is 11.1 Å². The van der Waals surface area contributed by atoms with E-state index in [1.807, 2.05) is 12.1 Å². The summed E-state index contributed by atoms with van der Waals surface area (Å²) in [5.74, 6) is 0.0263. The summed E-state index contributed by atoms with van der Waals surface area (Å²) in [5.41, 5.74) is 4.39. The van der Waals surface area contributed by atoms with Gasteiger partial charge in [-0.2, -0.15) is 0 Å². The van der Waals surface area contributed by atoms with Crippen LogP contribution in [0.5, 0.6) is 5.75 Å². The van der Waals surface area contributed by atoms with Crippen molar-refractivity contribution in [1.82, 2.24) is 0 Å². The van der Waals surface area contributed by atoms with Crippen LogP contribution in [0.4, 0.5) is 11.4 Å². The molecule has 1 amide bonds. The molecular weight excluding hydrogens is 264 g/mol. The van der Waals surface area contributed by atoms with E-state index in [0.717, 1.165) is 30.8 Å². The highest BCUT2D eigenvalue weighted by Gasteiger charge is 2.11. The second kappa shape index (κ2) is 5.48. The van der Waals surface area contributed by atoms with Gasteiger partial charge in [0.2, 0.25) is 0 Å². The predicted octanol–water partition coefficient (Wildman–Crippen LogP) is 3.31. The molecule has 0 bridgehead atoms. The molecule has 0 atom stereocenters. The summed E-state index contributed by atoms with van der Waals surface area (Å²) in [6.45, 7) is 2.75. The Morgan fingerprint density at radius 2 is 2.10 bits per heavy atom. The van der Waals surface area contributed by atoms with E-state index in [1.165, 1.54) is 5.56 Å². The first-order chi connectivity index (χ1) is 10.1. The molecule has 0 aliphatic carbocycles. The fourth-order valence-corrected chi connectivity index (χ4v) is 2.54. The highest BCUT2D eigenvalue weighted by Crippen LogP contribution is 2.26. The topological polar surface area (TPSA) is 61.4 Å². The monoisotopic (exact) mass is 282 g/mol. The predicted molar refractivity (Wildman–Crippen MR) is 84.0 cm³/mol. The second-order valence-electron chi connectivity index (χ2n) is 5.36. The van der Waals surface area contributed by atoms with Crippen molar-refractivity contribution >= 4 is 17.3 Å². The van der Waals surface area contributed by atoms with Gasteiger partial charge in [-0.25, -0.2) is 0 Å². The zero-order valence-electron chi connectivity index (χ0n) is 11.9. The third-order valence-electron chi connectivity index (χ3n) is 3.77. The number of rotatable bonds is 2. The van der Waals surface area contributed by atoms with E-state index < -0.39 is 0 Å². The van der Waals surface area contributed by atoms with Crippen LogP contribution in [0.3, 0.4) is 0 Å². The normalized spacial score (nSPS) is 13.2. The number of nitrogens with one attached hydrogen (secondary N) is 2. The summed E-state index contributed by atoms with van der Waals surface area (Å²) < 4.78 is 0. The number of aromatic hydroxyl groups is 1. The molecule has 0 radical (unpaired) electrons. The lowest BCUT2D eigenvalue weighted by molar-refractivity contribution is 0.102. The van der Waals surface area contributed by atoms with Crippen LogP contribution in [0.1, 0.15) is 27.9 Å². The largest absolute Gasteiger partial charge is 0.508 e. The Hall–Kier alpha value is -2.49. The van der Waals surface area contributed by atoms with Crippen LogP contribution in [0.15, 0.2) is 36.4 Å². The van der Waals surface area contributed by atoms with Crippen molar-refractivity contribution in [3.8, 4) is 5.75 Å². The molecule has 0 spiro atoms. The minimum Gasteiger partial charge on any atom is -0.508 e. The average molecular weight is 282 g/mol. The van der Waals surface area contributed by atoms with Gasteiger partial charge in [-0.1, -0.05) is 6.07 Å². The first-order valence-electron chi connectivity index (χ1n) is 7.11. The quantitative estimate of drug-likeness (QED) is 0.792. The molecule has 1 heterocycles. The highest BCUT2D eigenvalue weighted by molar-refractivity contribution is 6.04. The number of carbonyl (C=O) groups excluding carboxylic acids is 1. The number of carbonyl (C=O) groups is 1. The lowest BCUT2D eigenvalue weighted by atomic mass is 10.0. The van der Waals surface area contributed by atoms with Gasteiger partial charge in [-0.3, -0.25) is 4.79 Å². The lowest BCUT2D eigenvalue weighted by Crippen LogP contribution is -2.14. The first kappa shape index (κ1) is 13.5. The molecule has 0 saturated carbocycles. The van der Waals surface area contributed by atoms with Gasteiger partial charge in [-0.05, 0) is 61.2 Å². The molecule has 3 N–H and O–H groups in total. The van der Waals surface area contributed by atoms with Crippen LogP contribution in [0.25, 0.3) is 0 Å². The van der Waals surface area contributed by atoms with Gasteiger partial charge in [0.25, 0.3) is 5.91 Å². The Kier molecular flexibility index (Phi) is 3.52. The molecule has 0 fully saturated rings. The molecule has 0 unspecified atom stereocenters. The number of anilines is 2. The molecule has 4 nitrogen and oxygen atoms in total. The number of hydrogen-bond acceptors (Lipinski definition) is 3. The summed E-state index contributed by atoms with van der Waals surface area (Å²) in [6, 6.07) is 10.8. The molecule has 0 saturated heterocycles. The molecule has 4 heteroatoms. The third-order valence-corrected chi connectivity index (χ3v) is 3.77. The maximum Gasteiger partial charge on any atom is 0.255 e. The van der Waals surface area contributed by atoms with E-state index in [1.54, 1.807) is 25.1 Å². The third kappa shape index (κ3) is 2.84. The Labute approximate surface area is 123 Å². The van der Waals surface area contributed by atoms with Crippen LogP contribution in [0, 0.1) is 6.92 Å². The van der Waals surface area contributed by atoms with E-state index >= 15 is 0 Å². The Morgan fingerprint density at radius 1 is 1.24 bits per heavy atom. The van der Waals surface area contributed by atoms with Crippen molar-refractivity contribution in [2.75, 3.05) is 17.2 Å². The summed E-state index contributed by atoms with van der Waals surface area (Å²) >= 11 is 0. The van der Waals surface area contributed by atoms with E-state index in [9.17, 15) is 9.90 Å². The van der Waals surface area contributed by atoms with Crippen LogP contribution >= 0.6 is 0 Å². The summed E-state index contributed by atoms with van der Waals surface area (Å²) in [4.78, 5) is 12.2. The Balaban J connectivity index is 1.79. The second-order valence-corrected chi connectivity index (χ2v) is 5.36. The van der Waals surface area contributed by atoms with Crippen LogP contribution in [-0.4, -0.2) is 17.6 Å². The smallest absolute Gasteiger partial charge is 0.255 e. The van der Waals surface area contributed by atoms with Crippen molar-refractivity contribution in [3.63, 3.8) is 0 Å². The minimum atomic E-state index is -0.172. The fourth-order valence-electron chi connectivity index (χ4n) is 2.54. The van der Waals surface area contributed by atoms with Gasteiger partial charge >= 0.3 is 0 Å². The van der Waals surface area contributed by atoms with Crippen LogP contribution < -0.4 is 10.6 Å². The maximum atomic E-state index is 12.2. The van der Waals surface area contributed by atoms with Crippen LogP contribution in [-0.2, 0) is 6.42 Å². The first-order valence-corrected chi connectivity index (χ1v) is 7.11. The zero-order valence-corrected chi connectivity index (χ0v) is 11.9. The van der Waals surface area contributed by atoms with Crippen molar-refractivity contribution in [3.05, 3.63) is 53.1 Å². The standard InChI is InChI=1S/C17H18N2O2/c1-11-9-13(5-7-16(11)20)17(21)19-14-6-4-12-3-2-8-18-15(12)10-14/h4-7,9-10,18,20H,2-3,8H2,1H3,(H,19,21).